The lowest BCUT2D eigenvalue weighted by atomic mass is 10.2. The fourth-order valence-electron chi connectivity index (χ4n) is 1.40. The minimum atomic E-state index is 0.824. The molecule has 1 heterocycles. The average Bonchev–Trinajstić information content (AvgIpc) is 2.34. The highest BCUT2D eigenvalue weighted by molar-refractivity contribution is 7.99. The fourth-order valence-corrected chi connectivity index (χ4v) is 2.28. The highest BCUT2D eigenvalue weighted by atomic mass is 32.2. The van der Waals surface area contributed by atoms with E-state index in [2.05, 4.69) is 10.1 Å². The molecule has 0 amide bonds. The van der Waals surface area contributed by atoms with E-state index in [1.807, 2.05) is 43.3 Å². The molecule has 0 aliphatic heterocycles. The molecule has 0 unspecified atom stereocenters. The number of pyridine rings is 1. The van der Waals surface area contributed by atoms with E-state index in [0.29, 0.717) is 0 Å². The summed E-state index contributed by atoms with van der Waals surface area (Å²) in [6.45, 7) is 1.97. The fraction of sp³-hybridized carbons (Fsp3) is 0.0769. The van der Waals surface area contributed by atoms with E-state index in [4.69, 9.17) is 5.21 Å². The van der Waals surface area contributed by atoms with Crippen molar-refractivity contribution < 1.29 is 5.21 Å². The minimum Gasteiger partial charge on any atom is -0.411 e. The highest BCUT2D eigenvalue weighted by Crippen LogP contribution is 2.26. The van der Waals surface area contributed by atoms with Crippen LogP contribution in [0, 0.1) is 6.92 Å². The first-order valence-corrected chi connectivity index (χ1v) is 5.98. The molecule has 1 aromatic carbocycles. The first-order valence-electron chi connectivity index (χ1n) is 5.16. The Morgan fingerprint density at radius 2 is 2.06 bits per heavy atom. The lowest BCUT2D eigenvalue weighted by Gasteiger charge is -2.03. The van der Waals surface area contributed by atoms with Crippen molar-refractivity contribution in [2.45, 2.75) is 16.8 Å². The van der Waals surface area contributed by atoms with Gasteiger partial charge in [-0.3, -0.25) is 0 Å². The van der Waals surface area contributed by atoms with Crippen LogP contribution in [0.2, 0.25) is 0 Å². The van der Waals surface area contributed by atoms with Gasteiger partial charge in [0.1, 0.15) is 5.03 Å². The molecule has 17 heavy (non-hydrogen) atoms. The van der Waals surface area contributed by atoms with Crippen LogP contribution in [0.25, 0.3) is 0 Å². The number of hydrogen-bond donors (Lipinski definition) is 1. The molecule has 1 aromatic heterocycles. The van der Waals surface area contributed by atoms with Crippen LogP contribution >= 0.6 is 11.8 Å². The van der Waals surface area contributed by atoms with E-state index in [1.165, 1.54) is 6.21 Å². The number of aromatic nitrogens is 1. The number of rotatable bonds is 3. The molecule has 4 heteroatoms. The average molecular weight is 244 g/mol. The first-order chi connectivity index (χ1) is 8.29. The van der Waals surface area contributed by atoms with Gasteiger partial charge in [0.2, 0.25) is 0 Å². The Labute approximate surface area is 104 Å². The van der Waals surface area contributed by atoms with Crippen LogP contribution in [0.5, 0.6) is 0 Å². The molecule has 0 radical (unpaired) electrons. The van der Waals surface area contributed by atoms with Gasteiger partial charge in [-0.15, -0.1) is 0 Å². The van der Waals surface area contributed by atoms with E-state index in [9.17, 15) is 0 Å². The van der Waals surface area contributed by atoms with Crippen LogP contribution in [0.1, 0.15) is 11.1 Å². The molecule has 1 N–H and O–H groups in total. The SMILES string of the molecule is Cc1cc(Sc2ccccc2)ncc1/C=N/O. The molecule has 0 atom stereocenters. The van der Waals surface area contributed by atoms with Crippen molar-refractivity contribution in [3.05, 3.63) is 53.7 Å². The molecular formula is C13H12N2OS. The van der Waals surface area contributed by atoms with Crippen LogP contribution in [0.4, 0.5) is 0 Å². The highest BCUT2D eigenvalue weighted by Gasteiger charge is 2.01. The van der Waals surface area contributed by atoms with Crippen molar-refractivity contribution in [3.8, 4) is 0 Å². The Morgan fingerprint density at radius 1 is 1.29 bits per heavy atom. The summed E-state index contributed by atoms with van der Waals surface area (Å²) in [5.74, 6) is 0. The molecule has 0 saturated carbocycles. The third kappa shape index (κ3) is 3.07. The van der Waals surface area contributed by atoms with Crippen LogP contribution in [-0.4, -0.2) is 16.4 Å². The zero-order chi connectivity index (χ0) is 12.1. The molecule has 0 bridgehead atoms. The van der Waals surface area contributed by atoms with Gasteiger partial charge >= 0.3 is 0 Å². The van der Waals surface area contributed by atoms with Gasteiger partial charge in [-0.25, -0.2) is 4.98 Å². The van der Waals surface area contributed by atoms with Gasteiger partial charge in [-0.2, -0.15) is 0 Å². The van der Waals surface area contributed by atoms with Crippen molar-refractivity contribution in [3.63, 3.8) is 0 Å². The van der Waals surface area contributed by atoms with Gasteiger partial charge in [-0.1, -0.05) is 35.1 Å². The summed E-state index contributed by atoms with van der Waals surface area (Å²) in [5, 5.41) is 12.4. The number of nitrogens with zero attached hydrogens (tertiary/aromatic N) is 2. The molecule has 0 saturated heterocycles. The van der Waals surface area contributed by atoms with E-state index in [1.54, 1.807) is 18.0 Å². The molecule has 86 valence electrons. The summed E-state index contributed by atoms with van der Waals surface area (Å²) >= 11 is 1.61. The summed E-state index contributed by atoms with van der Waals surface area (Å²) in [5.41, 5.74) is 1.86. The monoisotopic (exact) mass is 244 g/mol. The van der Waals surface area contributed by atoms with E-state index in [0.717, 1.165) is 21.0 Å². The third-order valence-corrected chi connectivity index (χ3v) is 3.23. The predicted molar refractivity (Wildman–Crippen MR) is 68.9 cm³/mol. The van der Waals surface area contributed by atoms with Crippen LogP contribution in [0.3, 0.4) is 0 Å². The Kier molecular flexibility index (Phi) is 3.77. The summed E-state index contributed by atoms with van der Waals surface area (Å²) in [6.07, 6.45) is 3.10. The lowest BCUT2D eigenvalue weighted by Crippen LogP contribution is -1.90. The Morgan fingerprint density at radius 3 is 2.71 bits per heavy atom. The standard InChI is InChI=1S/C13H12N2OS/c1-10-7-13(14-8-11(10)9-15-16)17-12-5-3-2-4-6-12/h2-9,16H,1H3/b15-9+. The third-order valence-electron chi connectivity index (χ3n) is 2.29. The van der Waals surface area contributed by atoms with Crippen molar-refractivity contribution >= 4 is 18.0 Å². The maximum atomic E-state index is 8.49. The maximum Gasteiger partial charge on any atom is 0.101 e. The predicted octanol–water partition coefficient (Wildman–Crippen LogP) is 3.35. The Hall–Kier alpha value is -1.81. The molecule has 0 fully saturated rings. The van der Waals surface area contributed by atoms with Crippen LogP contribution < -0.4 is 0 Å². The molecule has 0 spiro atoms. The van der Waals surface area contributed by atoms with Gasteiger partial charge in [0.15, 0.2) is 0 Å². The number of aryl methyl sites for hydroxylation is 1. The van der Waals surface area contributed by atoms with Crippen molar-refractivity contribution in [1.82, 2.24) is 4.98 Å². The van der Waals surface area contributed by atoms with Gasteiger partial charge < -0.3 is 5.21 Å². The zero-order valence-corrected chi connectivity index (χ0v) is 10.2. The van der Waals surface area contributed by atoms with Gasteiger partial charge in [0.25, 0.3) is 0 Å². The summed E-state index contributed by atoms with van der Waals surface area (Å²) < 4.78 is 0. The first kappa shape index (κ1) is 11.7. The topological polar surface area (TPSA) is 45.5 Å². The summed E-state index contributed by atoms with van der Waals surface area (Å²) in [4.78, 5) is 5.47. The number of oxime groups is 1. The van der Waals surface area contributed by atoms with E-state index in [-0.39, 0.29) is 0 Å². The quantitative estimate of drug-likeness (QED) is 0.511. The Balaban J connectivity index is 2.21. The minimum absolute atomic E-state index is 0.824. The van der Waals surface area contributed by atoms with Crippen molar-refractivity contribution in [2.24, 2.45) is 5.16 Å². The second-order valence-electron chi connectivity index (χ2n) is 3.54. The van der Waals surface area contributed by atoms with Crippen molar-refractivity contribution in [2.75, 3.05) is 0 Å². The van der Waals surface area contributed by atoms with Crippen molar-refractivity contribution in [1.29, 1.82) is 0 Å². The van der Waals surface area contributed by atoms with Crippen LogP contribution in [0.15, 0.2) is 57.7 Å². The maximum absolute atomic E-state index is 8.49. The molecule has 0 aliphatic carbocycles. The molecule has 2 rings (SSSR count). The number of hydrogen-bond acceptors (Lipinski definition) is 4. The van der Waals surface area contributed by atoms with E-state index >= 15 is 0 Å². The zero-order valence-electron chi connectivity index (χ0n) is 9.37. The smallest absolute Gasteiger partial charge is 0.101 e. The summed E-state index contributed by atoms with van der Waals surface area (Å²) in [6, 6.07) is 12.1. The normalized spacial score (nSPS) is 10.9. The van der Waals surface area contributed by atoms with E-state index < -0.39 is 0 Å². The second-order valence-corrected chi connectivity index (χ2v) is 4.63. The largest absolute Gasteiger partial charge is 0.411 e. The van der Waals surface area contributed by atoms with Gasteiger partial charge in [0.05, 0.1) is 6.21 Å². The lowest BCUT2D eigenvalue weighted by molar-refractivity contribution is 0.322. The number of benzene rings is 1. The molecule has 3 nitrogen and oxygen atoms in total. The van der Waals surface area contributed by atoms with Gasteiger partial charge in [-0.05, 0) is 30.7 Å². The summed E-state index contributed by atoms with van der Waals surface area (Å²) in [7, 11) is 0. The Bertz CT molecular complexity index is 526. The molecular weight excluding hydrogens is 232 g/mol. The second kappa shape index (κ2) is 5.50. The molecule has 0 aliphatic rings. The van der Waals surface area contributed by atoms with Gasteiger partial charge in [0, 0.05) is 16.7 Å². The molecule has 2 aromatic rings. The van der Waals surface area contributed by atoms with Crippen LogP contribution in [-0.2, 0) is 0 Å².